The van der Waals surface area contributed by atoms with Crippen LogP contribution in [0.4, 0.5) is 0 Å². The zero-order valence-electron chi connectivity index (χ0n) is 10.4. The highest BCUT2D eigenvalue weighted by Crippen LogP contribution is 2.30. The molecule has 102 valence electrons. The summed E-state index contributed by atoms with van der Waals surface area (Å²) < 4.78 is 27.0. The third kappa shape index (κ3) is 3.32. The second kappa shape index (κ2) is 5.69. The molecule has 2 rings (SSSR count). The van der Waals surface area contributed by atoms with E-state index in [0.29, 0.717) is 23.3 Å². The topological polar surface area (TPSA) is 66.4 Å². The Bertz CT molecular complexity index is 495. The zero-order valence-corrected chi connectivity index (χ0v) is 12.1. The molecule has 0 saturated heterocycles. The van der Waals surface area contributed by atoms with Crippen molar-refractivity contribution in [2.45, 2.75) is 37.0 Å². The maximum atomic E-state index is 12.0. The van der Waals surface area contributed by atoms with Crippen LogP contribution in [-0.2, 0) is 16.6 Å². The first kappa shape index (κ1) is 14.0. The molecule has 0 bridgehead atoms. The number of hydrogen-bond acceptors (Lipinski definition) is 4. The number of nitrogens with one attached hydrogen (secondary N) is 1. The fourth-order valence-electron chi connectivity index (χ4n) is 2.40. The summed E-state index contributed by atoms with van der Waals surface area (Å²) in [5.41, 5.74) is 0. The summed E-state index contributed by atoms with van der Waals surface area (Å²) in [4.78, 5) is 0.671. The van der Waals surface area contributed by atoms with E-state index in [1.807, 2.05) is 0 Å². The van der Waals surface area contributed by atoms with E-state index in [4.69, 9.17) is 5.11 Å². The van der Waals surface area contributed by atoms with E-state index in [9.17, 15) is 8.42 Å². The minimum absolute atomic E-state index is 0.111. The van der Waals surface area contributed by atoms with Crippen LogP contribution in [0, 0.1) is 11.8 Å². The average molecular weight is 289 g/mol. The maximum Gasteiger partial charge on any atom is 0.250 e. The van der Waals surface area contributed by atoms with Crippen LogP contribution in [0.2, 0.25) is 0 Å². The normalized spacial score (nSPS) is 24.6. The van der Waals surface area contributed by atoms with Gasteiger partial charge in [0.1, 0.15) is 4.21 Å². The third-order valence-corrected chi connectivity index (χ3v) is 6.41. The summed E-state index contributed by atoms with van der Waals surface area (Å²) >= 11 is 1.12. The van der Waals surface area contributed by atoms with Crippen molar-refractivity contribution in [3.8, 4) is 0 Å². The van der Waals surface area contributed by atoms with E-state index in [2.05, 4.69) is 11.6 Å². The Morgan fingerprint density at radius 2 is 2.22 bits per heavy atom. The van der Waals surface area contributed by atoms with Crippen LogP contribution < -0.4 is 4.72 Å². The molecule has 6 heteroatoms. The van der Waals surface area contributed by atoms with Gasteiger partial charge in [-0.3, -0.25) is 0 Å². The molecule has 0 spiro atoms. The van der Waals surface area contributed by atoms with Crippen molar-refractivity contribution >= 4 is 21.4 Å². The largest absolute Gasteiger partial charge is 0.391 e. The van der Waals surface area contributed by atoms with Gasteiger partial charge in [-0.15, -0.1) is 11.3 Å². The van der Waals surface area contributed by atoms with Gasteiger partial charge in [-0.25, -0.2) is 13.1 Å². The monoisotopic (exact) mass is 289 g/mol. The lowest BCUT2D eigenvalue weighted by molar-refractivity contribution is 0.285. The molecule has 1 aromatic heterocycles. The lowest BCUT2D eigenvalue weighted by Crippen LogP contribution is -2.28. The molecule has 0 amide bonds. The number of rotatable bonds is 5. The Morgan fingerprint density at radius 1 is 1.44 bits per heavy atom. The van der Waals surface area contributed by atoms with E-state index in [1.165, 1.54) is 6.42 Å². The molecule has 4 nitrogen and oxygen atoms in total. The summed E-state index contributed by atoms with van der Waals surface area (Å²) in [5.74, 6) is 1.18. The van der Waals surface area contributed by atoms with Gasteiger partial charge in [-0.05, 0) is 36.8 Å². The van der Waals surface area contributed by atoms with Crippen LogP contribution in [0.1, 0.15) is 31.1 Å². The molecule has 1 fully saturated rings. The quantitative estimate of drug-likeness (QED) is 0.870. The minimum atomic E-state index is -3.40. The molecule has 0 radical (unpaired) electrons. The Morgan fingerprint density at radius 3 is 2.78 bits per heavy atom. The first-order chi connectivity index (χ1) is 8.51. The van der Waals surface area contributed by atoms with Crippen LogP contribution in [0.25, 0.3) is 0 Å². The summed E-state index contributed by atoms with van der Waals surface area (Å²) in [7, 11) is -3.40. The predicted molar refractivity (Wildman–Crippen MR) is 71.9 cm³/mol. The highest BCUT2D eigenvalue weighted by Gasteiger charge is 2.24. The lowest BCUT2D eigenvalue weighted by atomic mass is 10.1. The Labute approximate surface area is 112 Å². The van der Waals surface area contributed by atoms with Gasteiger partial charge in [0.2, 0.25) is 10.0 Å². The van der Waals surface area contributed by atoms with Gasteiger partial charge >= 0.3 is 0 Å². The number of aliphatic hydroxyl groups is 1. The van der Waals surface area contributed by atoms with Crippen molar-refractivity contribution < 1.29 is 13.5 Å². The number of hydrogen-bond donors (Lipinski definition) is 2. The second-order valence-electron chi connectivity index (χ2n) is 5.02. The van der Waals surface area contributed by atoms with Gasteiger partial charge in [0.05, 0.1) is 6.61 Å². The average Bonchev–Trinajstić information content (AvgIpc) is 2.95. The molecule has 18 heavy (non-hydrogen) atoms. The van der Waals surface area contributed by atoms with Crippen molar-refractivity contribution in [1.29, 1.82) is 0 Å². The molecule has 0 aliphatic heterocycles. The molecule has 2 atom stereocenters. The number of sulfonamides is 1. The molecule has 0 aromatic carbocycles. The number of thiophene rings is 1. The predicted octanol–water partition coefficient (Wildman–Crippen LogP) is 1.95. The molecule has 1 heterocycles. The van der Waals surface area contributed by atoms with Gasteiger partial charge < -0.3 is 5.11 Å². The van der Waals surface area contributed by atoms with Crippen LogP contribution in [-0.4, -0.2) is 20.1 Å². The molecule has 2 N–H and O–H groups in total. The molecule has 1 aliphatic rings. The SMILES string of the molecule is CC1CCC(CNS(=O)(=O)c2ccc(CO)s2)C1. The van der Waals surface area contributed by atoms with Gasteiger partial charge in [0, 0.05) is 11.4 Å². The summed E-state index contributed by atoms with van der Waals surface area (Å²) in [5, 5.41) is 8.94. The lowest BCUT2D eigenvalue weighted by Gasteiger charge is -2.10. The highest BCUT2D eigenvalue weighted by atomic mass is 32.2. The highest BCUT2D eigenvalue weighted by molar-refractivity contribution is 7.91. The smallest absolute Gasteiger partial charge is 0.250 e. The zero-order chi connectivity index (χ0) is 13.2. The molecule has 1 aliphatic carbocycles. The van der Waals surface area contributed by atoms with Crippen LogP contribution in [0.5, 0.6) is 0 Å². The first-order valence-electron chi connectivity index (χ1n) is 6.20. The van der Waals surface area contributed by atoms with Gasteiger partial charge in [0.25, 0.3) is 0 Å². The third-order valence-electron chi connectivity index (χ3n) is 3.42. The van der Waals surface area contributed by atoms with Crippen LogP contribution in [0.15, 0.2) is 16.3 Å². The number of aliphatic hydroxyl groups excluding tert-OH is 1. The standard InChI is InChI=1S/C12H19NO3S2/c1-9-2-3-10(6-9)7-13-18(15,16)12-5-4-11(8-14)17-12/h4-5,9-10,13-14H,2-3,6-8H2,1H3. The molecule has 1 saturated carbocycles. The molecular weight excluding hydrogens is 270 g/mol. The van der Waals surface area contributed by atoms with E-state index in [1.54, 1.807) is 12.1 Å². The van der Waals surface area contributed by atoms with Crippen molar-refractivity contribution in [3.05, 3.63) is 17.0 Å². The molecule has 2 unspecified atom stereocenters. The fraction of sp³-hybridized carbons (Fsp3) is 0.667. The van der Waals surface area contributed by atoms with Crippen LogP contribution in [0.3, 0.4) is 0 Å². The van der Waals surface area contributed by atoms with Crippen molar-refractivity contribution in [2.24, 2.45) is 11.8 Å². The Balaban J connectivity index is 1.95. The van der Waals surface area contributed by atoms with Crippen molar-refractivity contribution in [2.75, 3.05) is 6.54 Å². The molecule has 1 aromatic rings. The first-order valence-corrected chi connectivity index (χ1v) is 8.50. The summed E-state index contributed by atoms with van der Waals surface area (Å²) in [6.45, 7) is 2.63. The van der Waals surface area contributed by atoms with Crippen molar-refractivity contribution in [3.63, 3.8) is 0 Å². The van der Waals surface area contributed by atoms with E-state index in [-0.39, 0.29) is 10.8 Å². The van der Waals surface area contributed by atoms with Gasteiger partial charge in [-0.1, -0.05) is 13.3 Å². The van der Waals surface area contributed by atoms with Gasteiger partial charge in [0.15, 0.2) is 0 Å². The second-order valence-corrected chi connectivity index (χ2v) is 8.18. The Hall–Kier alpha value is -0.430. The summed E-state index contributed by atoms with van der Waals surface area (Å²) in [6.07, 6.45) is 3.41. The van der Waals surface area contributed by atoms with E-state index >= 15 is 0 Å². The van der Waals surface area contributed by atoms with Crippen molar-refractivity contribution in [1.82, 2.24) is 4.72 Å². The minimum Gasteiger partial charge on any atom is -0.391 e. The molecular formula is C12H19NO3S2. The maximum absolute atomic E-state index is 12.0. The van der Waals surface area contributed by atoms with E-state index in [0.717, 1.165) is 24.2 Å². The summed E-state index contributed by atoms with van der Waals surface area (Å²) in [6, 6.07) is 3.20. The van der Waals surface area contributed by atoms with Gasteiger partial charge in [-0.2, -0.15) is 0 Å². The fourth-order valence-corrected chi connectivity index (χ4v) is 4.77. The van der Waals surface area contributed by atoms with Crippen LogP contribution >= 0.6 is 11.3 Å². The Kier molecular flexibility index (Phi) is 4.42. The van der Waals surface area contributed by atoms with E-state index < -0.39 is 10.0 Å².